The average molecular weight is 338 g/mol. The minimum atomic E-state index is -0.512. The lowest BCUT2D eigenvalue weighted by Gasteiger charge is -2.28. The van der Waals surface area contributed by atoms with Crippen molar-refractivity contribution in [3.63, 3.8) is 0 Å². The molecule has 0 saturated carbocycles. The Morgan fingerprint density at radius 2 is 2.12 bits per heavy atom. The molecule has 0 spiro atoms. The molecule has 1 N–H and O–H groups in total. The number of nitrogens with one attached hydrogen (secondary N) is 1. The molecule has 1 aromatic heterocycles. The summed E-state index contributed by atoms with van der Waals surface area (Å²) >= 11 is 0. The molecule has 0 aliphatic carbocycles. The number of amides is 2. The molecule has 6 nitrogen and oxygen atoms in total. The van der Waals surface area contributed by atoms with Crippen molar-refractivity contribution in [1.29, 1.82) is 0 Å². The maximum atomic E-state index is 12.6. The monoisotopic (exact) mass is 338 g/mol. The summed E-state index contributed by atoms with van der Waals surface area (Å²) in [7, 11) is 0. The van der Waals surface area contributed by atoms with Crippen molar-refractivity contribution in [1.82, 2.24) is 19.8 Å². The highest BCUT2D eigenvalue weighted by atomic mass is 16.2. The third-order valence-corrected chi connectivity index (χ3v) is 5.13. The summed E-state index contributed by atoms with van der Waals surface area (Å²) in [6, 6.07) is 10.4. The first kappa shape index (κ1) is 15.9. The van der Waals surface area contributed by atoms with Gasteiger partial charge >= 0.3 is 0 Å². The van der Waals surface area contributed by atoms with E-state index in [1.165, 1.54) is 11.3 Å². The van der Waals surface area contributed by atoms with Gasteiger partial charge in [-0.3, -0.25) is 9.59 Å². The molecule has 1 saturated heterocycles. The molecule has 2 amide bonds. The third-order valence-electron chi connectivity index (χ3n) is 5.13. The molecule has 0 bridgehead atoms. The summed E-state index contributed by atoms with van der Waals surface area (Å²) < 4.78 is 2.20. The molecule has 0 radical (unpaired) electrons. The van der Waals surface area contributed by atoms with Gasteiger partial charge in [-0.05, 0) is 18.4 Å². The van der Waals surface area contributed by atoms with Crippen LogP contribution in [0, 0.1) is 5.92 Å². The zero-order chi connectivity index (χ0) is 17.2. The Morgan fingerprint density at radius 3 is 2.88 bits per heavy atom. The summed E-state index contributed by atoms with van der Waals surface area (Å²) in [6.07, 6.45) is 4.25. The second-order valence-electron chi connectivity index (χ2n) is 6.71. The molecule has 4 rings (SSSR count). The maximum absolute atomic E-state index is 12.6. The van der Waals surface area contributed by atoms with Crippen molar-refractivity contribution in [2.45, 2.75) is 32.4 Å². The molecular formula is C19H22N4O2. The number of benzene rings is 1. The number of aryl methyl sites for hydroxylation is 2. The van der Waals surface area contributed by atoms with Crippen LogP contribution < -0.4 is 5.32 Å². The van der Waals surface area contributed by atoms with Crippen LogP contribution in [0.3, 0.4) is 0 Å². The molecule has 2 aliphatic heterocycles. The number of hydrogen-bond acceptors (Lipinski definition) is 3. The second kappa shape index (κ2) is 6.70. The highest BCUT2D eigenvalue weighted by Crippen LogP contribution is 2.22. The van der Waals surface area contributed by atoms with Crippen molar-refractivity contribution in [2.24, 2.45) is 5.92 Å². The maximum Gasteiger partial charge on any atom is 0.235 e. The quantitative estimate of drug-likeness (QED) is 0.851. The predicted molar refractivity (Wildman–Crippen MR) is 92.6 cm³/mol. The topological polar surface area (TPSA) is 67.2 Å². The number of fused-ring (bicyclic) bond motifs is 1. The van der Waals surface area contributed by atoms with E-state index in [0.717, 1.165) is 25.1 Å². The molecular weight excluding hydrogens is 316 g/mol. The van der Waals surface area contributed by atoms with E-state index < -0.39 is 5.92 Å². The molecule has 2 aliphatic rings. The van der Waals surface area contributed by atoms with Crippen LogP contribution in [-0.2, 0) is 35.5 Å². The van der Waals surface area contributed by atoms with Gasteiger partial charge in [0.2, 0.25) is 11.8 Å². The Labute approximate surface area is 146 Å². The van der Waals surface area contributed by atoms with Gasteiger partial charge in [-0.15, -0.1) is 0 Å². The van der Waals surface area contributed by atoms with Gasteiger partial charge in [0.25, 0.3) is 0 Å². The van der Waals surface area contributed by atoms with Crippen LogP contribution in [0.15, 0.2) is 36.7 Å². The van der Waals surface area contributed by atoms with Gasteiger partial charge in [-0.2, -0.15) is 0 Å². The summed E-state index contributed by atoms with van der Waals surface area (Å²) in [6.45, 7) is 2.66. The Kier molecular flexibility index (Phi) is 4.26. The lowest BCUT2D eigenvalue weighted by molar-refractivity contribution is -0.141. The van der Waals surface area contributed by atoms with Gasteiger partial charge in [-0.25, -0.2) is 4.98 Å². The van der Waals surface area contributed by atoms with Gasteiger partial charge in [0.15, 0.2) is 0 Å². The van der Waals surface area contributed by atoms with E-state index in [0.29, 0.717) is 26.1 Å². The third kappa shape index (κ3) is 3.16. The standard InChI is InChI=1S/C19H22N4O2/c24-18-15(6-9-20-18)19(25)22-11-8-17-16(12-22)21-13-23(17)10-7-14-4-2-1-3-5-14/h1-5,13,15H,6-12H2,(H,20,24). The fourth-order valence-electron chi connectivity index (χ4n) is 3.70. The van der Waals surface area contributed by atoms with Gasteiger partial charge in [0, 0.05) is 31.7 Å². The van der Waals surface area contributed by atoms with Crippen molar-refractivity contribution in [3.8, 4) is 0 Å². The first-order valence-corrected chi connectivity index (χ1v) is 8.85. The first-order chi connectivity index (χ1) is 12.2. The number of imidazole rings is 1. The Bertz CT molecular complexity index is 784. The van der Waals surface area contributed by atoms with E-state index in [9.17, 15) is 9.59 Å². The van der Waals surface area contributed by atoms with Crippen molar-refractivity contribution < 1.29 is 9.59 Å². The molecule has 2 aromatic rings. The van der Waals surface area contributed by atoms with E-state index in [2.05, 4.69) is 39.1 Å². The molecule has 1 atom stereocenters. The summed E-state index contributed by atoms with van der Waals surface area (Å²) in [5, 5.41) is 2.74. The minimum Gasteiger partial charge on any atom is -0.355 e. The minimum absolute atomic E-state index is 0.0560. The molecule has 3 heterocycles. The molecule has 1 fully saturated rings. The van der Waals surface area contributed by atoms with E-state index in [1.54, 1.807) is 4.90 Å². The highest BCUT2D eigenvalue weighted by molar-refractivity contribution is 6.01. The van der Waals surface area contributed by atoms with Crippen LogP contribution in [0.2, 0.25) is 0 Å². The summed E-state index contributed by atoms with van der Waals surface area (Å²) in [4.78, 5) is 30.6. The molecule has 130 valence electrons. The Hall–Kier alpha value is -2.63. The summed E-state index contributed by atoms with van der Waals surface area (Å²) in [5.74, 6) is -0.703. The van der Waals surface area contributed by atoms with E-state index in [-0.39, 0.29) is 11.8 Å². The fraction of sp³-hybridized carbons (Fsp3) is 0.421. The lowest BCUT2D eigenvalue weighted by Crippen LogP contribution is -2.42. The molecule has 6 heteroatoms. The Balaban J connectivity index is 1.42. The van der Waals surface area contributed by atoms with Gasteiger partial charge < -0.3 is 14.8 Å². The SMILES string of the molecule is O=C1NCCC1C(=O)N1CCc2c(ncn2CCc2ccccc2)C1. The highest BCUT2D eigenvalue weighted by Gasteiger charge is 2.36. The van der Waals surface area contributed by atoms with Crippen LogP contribution >= 0.6 is 0 Å². The van der Waals surface area contributed by atoms with E-state index in [1.807, 2.05) is 12.4 Å². The van der Waals surface area contributed by atoms with Crippen molar-refractivity contribution in [2.75, 3.05) is 13.1 Å². The van der Waals surface area contributed by atoms with Crippen LogP contribution in [0.5, 0.6) is 0 Å². The average Bonchev–Trinajstić information content (AvgIpc) is 3.25. The van der Waals surface area contributed by atoms with E-state index in [4.69, 9.17) is 0 Å². The van der Waals surface area contributed by atoms with Crippen molar-refractivity contribution in [3.05, 3.63) is 53.6 Å². The van der Waals surface area contributed by atoms with Crippen LogP contribution in [0.4, 0.5) is 0 Å². The number of hydrogen-bond donors (Lipinski definition) is 1. The second-order valence-corrected chi connectivity index (χ2v) is 6.71. The van der Waals surface area contributed by atoms with Gasteiger partial charge in [0.05, 0.1) is 18.6 Å². The zero-order valence-corrected chi connectivity index (χ0v) is 14.1. The largest absolute Gasteiger partial charge is 0.355 e. The zero-order valence-electron chi connectivity index (χ0n) is 14.1. The van der Waals surface area contributed by atoms with Crippen molar-refractivity contribution >= 4 is 11.8 Å². The Morgan fingerprint density at radius 1 is 1.28 bits per heavy atom. The number of carbonyl (C=O) groups excluding carboxylic acids is 2. The molecule has 25 heavy (non-hydrogen) atoms. The number of rotatable bonds is 4. The smallest absolute Gasteiger partial charge is 0.235 e. The van der Waals surface area contributed by atoms with Gasteiger partial charge in [0.1, 0.15) is 5.92 Å². The number of carbonyl (C=O) groups is 2. The number of aromatic nitrogens is 2. The van der Waals surface area contributed by atoms with Crippen LogP contribution in [0.1, 0.15) is 23.4 Å². The van der Waals surface area contributed by atoms with Crippen LogP contribution in [-0.4, -0.2) is 39.4 Å². The predicted octanol–water partition coefficient (Wildman–Crippen LogP) is 1.15. The first-order valence-electron chi connectivity index (χ1n) is 8.85. The number of nitrogens with zero attached hydrogens (tertiary/aromatic N) is 3. The molecule has 1 unspecified atom stereocenters. The fourth-order valence-corrected chi connectivity index (χ4v) is 3.70. The van der Waals surface area contributed by atoms with Crippen LogP contribution in [0.25, 0.3) is 0 Å². The molecule has 1 aromatic carbocycles. The normalized spacial score (nSPS) is 19.6. The summed E-state index contributed by atoms with van der Waals surface area (Å²) in [5.41, 5.74) is 3.49. The van der Waals surface area contributed by atoms with Gasteiger partial charge in [-0.1, -0.05) is 30.3 Å². The van der Waals surface area contributed by atoms with E-state index >= 15 is 0 Å². The lowest BCUT2D eigenvalue weighted by atomic mass is 10.0.